The summed E-state index contributed by atoms with van der Waals surface area (Å²) >= 11 is 1.48. The van der Waals surface area contributed by atoms with Crippen molar-refractivity contribution in [3.63, 3.8) is 0 Å². The van der Waals surface area contributed by atoms with Gasteiger partial charge in [0.25, 0.3) is 5.85 Å². The van der Waals surface area contributed by atoms with Crippen molar-refractivity contribution >= 4 is 29.2 Å². The number of nitrogens with zero attached hydrogens (tertiary/aromatic N) is 1. The fraction of sp³-hybridized carbons (Fsp3) is 0.720. The Morgan fingerprint density at radius 2 is 1.97 bits per heavy atom. The average molecular weight is 514 g/mol. The highest BCUT2D eigenvalue weighted by Crippen LogP contribution is 2.43. The predicted molar refractivity (Wildman–Crippen MR) is 128 cm³/mol. The molecule has 1 aromatic heterocycles. The summed E-state index contributed by atoms with van der Waals surface area (Å²) in [5.41, 5.74) is 0.0512. The molecule has 0 saturated carbocycles. The van der Waals surface area contributed by atoms with E-state index in [1.807, 2.05) is 12.3 Å². The Hall–Kier alpha value is -1.72. The number of ether oxygens (including phenoxy) is 3. The molecule has 2 unspecified atom stereocenters. The van der Waals surface area contributed by atoms with Gasteiger partial charge in [0.05, 0.1) is 41.4 Å². The normalized spacial score (nSPS) is 37.5. The quantitative estimate of drug-likeness (QED) is 0.457. The second-order valence-corrected chi connectivity index (χ2v) is 11.4. The molecule has 10 heteroatoms. The number of halogens is 1. The number of esters is 1. The van der Waals surface area contributed by atoms with Crippen LogP contribution in [0.1, 0.15) is 58.2 Å². The largest absolute Gasteiger partial charge is 0.458 e. The van der Waals surface area contributed by atoms with Crippen molar-refractivity contribution in [2.45, 2.75) is 84.7 Å². The number of thiazole rings is 1. The van der Waals surface area contributed by atoms with Crippen LogP contribution >= 0.6 is 11.3 Å². The van der Waals surface area contributed by atoms with Crippen molar-refractivity contribution < 1.29 is 38.4 Å². The highest BCUT2D eigenvalue weighted by molar-refractivity contribution is 7.09. The zero-order chi connectivity index (χ0) is 26.1. The van der Waals surface area contributed by atoms with Crippen LogP contribution in [0.2, 0.25) is 0 Å². The summed E-state index contributed by atoms with van der Waals surface area (Å²) in [7, 11) is 0. The summed E-state index contributed by atoms with van der Waals surface area (Å²) in [4.78, 5) is 30.3. The number of aryl methyl sites for hydroxylation is 1. The first-order valence-corrected chi connectivity index (χ1v) is 12.8. The molecule has 2 aliphatic rings. The topological polar surface area (TPSA) is 118 Å². The number of Topliss-reactive ketones (excluding diaryl/α,β-unsaturated/α-hetero) is 1. The van der Waals surface area contributed by atoms with Gasteiger partial charge < -0.3 is 24.4 Å². The van der Waals surface area contributed by atoms with Gasteiger partial charge in [0.15, 0.2) is 0 Å². The molecule has 2 saturated heterocycles. The van der Waals surface area contributed by atoms with Crippen molar-refractivity contribution in [3.05, 3.63) is 21.7 Å². The lowest BCUT2D eigenvalue weighted by atomic mass is 9.73. The van der Waals surface area contributed by atoms with Crippen LogP contribution in [-0.2, 0) is 23.8 Å². The van der Waals surface area contributed by atoms with Crippen molar-refractivity contribution in [2.75, 3.05) is 13.2 Å². The van der Waals surface area contributed by atoms with E-state index in [9.17, 15) is 19.8 Å². The maximum atomic E-state index is 15.1. The van der Waals surface area contributed by atoms with Crippen molar-refractivity contribution in [1.29, 1.82) is 0 Å². The number of fused-ring (bicyclic) bond motifs is 1. The number of hydrogen-bond acceptors (Lipinski definition) is 9. The van der Waals surface area contributed by atoms with Crippen LogP contribution in [0, 0.1) is 24.2 Å². The summed E-state index contributed by atoms with van der Waals surface area (Å²) in [5.74, 6) is -4.41. The Morgan fingerprint density at radius 3 is 2.60 bits per heavy atom. The third-order valence-electron chi connectivity index (χ3n) is 7.00. The molecular formula is C25H36FNO7S. The van der Waals surface area contributed by atoms with Crippen LogP contribution in [0.15, 0.2) is 11.0 Å². The molecule has 3 rings (SSSR count). The molecule has 2 N–H and O–H groups in total. The van der Waals surface area contributed by atoms with Gasteiger partial charge in [0.2, 0.25) is 0 Å². The molecular weight excluding hydrogens is 477 g/mol. The maximum absolute atomic E-state index is 15.1. The van der Waals surface area contributed by atoms with Gasteiger partial charge in [-0.2, -0.15) is 0 Å². The minimum absolute atomic E-state index is 0.0318. The standard InChI is InChI=1S/C25H36FNO7S/c1-13(7-17-11-35-16(4)27-17)18-8-20-25(26,34-20)12-32-10-14(2)22(30)15(3)23(31)24(5,6)19(28)9-21(29)33-18/h7,11,14-15,18-20,22,28,30H,8-10,12H2,1-6H3/b13-7+/t14-,15-,18-,19+,20?,22-,25?/m1/s1. The summed E-state index contributed by atoms with van der Waals surface area (Å²) in [6, 6.07) is 0. The third-order valence-corrected chi connectivity index (χ3v) is 7.79. The monoisotopic (exact) mass is 513 g/mol. The molecule has 3 heterocycles. The van der Waals surface area contributed by atoms with Crippen molar-refractivity contribution in [3.8, 4) is 0 Å². The first-order valence-electron chi connectivity index (χ1n) is 11.9. The van der Waals surface area contributed by atoms with Crippen LogP contribution < -0.4 is 0 Å². The van der Waals surface area contributed by atoms with E-state index in [1.54, 1.807) is 40.7 Å². The zero-order valence-corrected chi connectivity index (χ0v) is 21.9. The Bertz CT molecular complexity index is 963. The van der Waals surface area contributed by atoms with E-state index in [2.05, 4.69) is 4.98 Å². The first-order chi connectivity index (χ1) is 16.2. The van der Waals surface area contributed by atoms with Gasteiger partial charge in [-0.15, -0.1) is 11.3 Å². The minimum atomic E-state index is -2.02. The molecule has 2 aliphatic heterocycles. The van der Waals surface area contributed by atoms with Gasteiger partial charge in [0, 0.05) is 23.6 Å². The molecule has 7 atom stereocenters. The lowest BCUT2D eigenvalue weighted by molar-refractivity contribution is -0.154. The van der Waals surface area contributed by atoms with Gasteiger partial charge >= 0.3 is 5.97 Å². The predicted octanol–water partition coefficient (Wildman–Crippen LogP) is 3.23. The van der Waals surface area contributed by atoms with Gasteiger partial charge in [0.1, 0.15) is 24.6 Å². The number of cyclic esters (lactones) is 1. The number of carbonyl (C=O) groups excluding carboxylic acids is 2. The van der Waals surface area contributed by atoms with Crippen LogP contribution in [-0.4, -0.2) is 70.4 Å². The average Bonchev–Trinajstić information content (AvgIpc) is 3.22. The van der Waals surface area contributed by atoms with E-state index in [4.69, 9.17) is 14.2 Å². The molecule has 0 spiro atoms. The summed E-state index contributed by atoms with van der Waals surface area (Å²) in [6.45, 7) is 9.70. The number of aliphatic hydroxyl groups is 2. The first kappa shape index (κ1) is 27.9. The molecule has 196 valence electrons. The molecule has 0 aromatic carbocycles. The lowest BCUT2D eigenvalue weighted by Gasteiger charge is -2.34. The number of alkyl halides is 1. The molecule has 2 fully saturated rings. The highest BCUT2D eigenvalue weighted by Gasteiger charge is 2.59. The van der Waals surface area contributed by atoms with Gasteiger partial charge in [-0.3, -0.25) is 9.59 Å². The van der Waals surface area contributed by atoms with E-state index in [1.165, 1.54) is 11.3 Å². The number of aliphatic hydroxyl groups excluding tert-OH is 2. The zero-order valence-electron chi connectivity index (χ0n) is 21.1. The fourth-order valence-electron chi connectivity index (χ4n) is 4.35. The molecule has 0 aliphatic carbocycles. The number of rotatable bonds is 2. The lowest BCUT2D eigenvalue weighted by Crippen LogP contribution is -2.46. The van der Waals surface area contributed by atoms with Gasteiger partial charge in [-0.1, -0.05) is 27.7 Å². The van der Waals surface area contributed by atoms with E-state index >= 15 is 4.39 Å². The summed E-state index contributed by atoms with van der Waals surface area (Å²) < 4.78 is 31.5. The van der Waals surface area contributed by atoms with Gasteiger partial charge in [-0.25, -0.2) is 9.37 Å². The van der Waals surface area contributed by atoms with Crippen LogP contribution in [0.4, 0.5) is 4.39 Å². The van der Waals surface area contributed by atoms with Gasteiger partial charge in [-0.05, 0) is 25.5 Å². The van der Waals surface area contributed by atoms with E-state index in [0.717, 1.165) is 5.01 Å². The Labute approximate surface area is 209 Å². The number of hydrogen-bond donors (Lipinski definition) is 2. The van der Waals surface area contributed by atoms with Crippen LogP contribution in [0.5, 0.6) is 0 Å². The maximum Gasteiger partial charge on any atom is 0.309 e. The van der Waals surface area contributed by atoms with E-state index in [-0.39, 0.29) is 25.4 Å². The van der Waals surface area contributed by atoms with Crippen molar-refractivity contribution in [2.24, 2.45) is 17.3 Å². The molecule has 0 bridgehead atoms. The fourth-order valence-corrected chi connectivity index (χ4v) is 4.92. The molecule has 0 radical (unpaired) electrons. The number of aromatic nitrogens is 1. The number of ketones is 1. The Balaban J connectivity index is 1.85. The van der Waals surface area contributed by atoms with Crippen LogP contribution in [0.25, 0.3) is 6.08 Å². The molecule has 8 nitrogen and oxygen atoms in total. The highest BCUT2D eigenvalue weighted by atomic mass is 32.1. The van der Waals surface area contributed by atoms with E-state index in [0.29, 0.717) is 11.3 Å². The Kier molecular flexibility index (Phi) is 8.53. The summed E-state index contributed by atoms with van der Waals surface area (Å²) in [5, 5.41) is 24.2. The minimum Gasteiger partial charge on any atom is -0.458 e. The third kappa shape index (κ3) is 6.54. The van der Waals surface area contributed by atoms with E-state index < -0.39 is 59.9 Å². The second kappa shape index (κ2) is 10.7. The number of carbonyl (C=O) groups is 2. The smallest absolute Gasteiger partial charge is 0.309 e. The van der Waals surface area contributed by atoms with Crippen molar-refractivity contribution in [1.82, 2.24) is 4.98 Å². The second-order valence-electron chi connectivity index (χ2n) is 10.4. The number of epoxide rings is 1. The molecule has 1 aromatic rings. The summed E-state index contributed by atoms with van der Waals surface area (Å²) in [6.07, 6.45) is -2.64. The SMILES string of the molecule is C/C(=C\c1csc(C)n1)[C@H]1CC2OC2(F)COC[C@@H](C)[C@@H](O)[C@@H](C)C(=O)C(C)(C)[C@@H](O)CC(=O)O1. The Morgan fingerprint density at radius 1 is 1.29 bits per heavy atom. The molecule has 35 heavy (non-hydrogen) atoms. The molecule has 0 amide bonds. The van der Waals surface area contributed by atoms with Crippen LogP contribution in [0.3, 0.4) is 0 Å².